The number of nitrogens with zero attached hydrogens (tertiary/aromatic N) is 1. The average molecular weight is 432 g/mol. The summed E-state index contributed by atoms with van der Waals surface area (Å²) >= 11 is 0. The molecule has 3 atom stereocenters. The van der Waals surface area contributed by atoms with Gasteiger partial charge in [0.1, 0.15) is 0 Å². The van der Waals surface area contributed by atoms with Crippen molar-refractivity contribution < 1.29 is 14.3 Å². The first kappa shape index (κ1) is 22.9. The lowest BCUT2D eigenvalue weighted by molar-refractivity contribution is -0.122. The van der Waals surface area contributed by atoms with Crippen LogP contribution in [0.1, 0.15) is 53.4 Å². The van der Waals surface area contributed by atoms with Gasteiger partial charge in [-0.25, -0.2) is 4.79 Å². The van der Waals surface area contributed by atoms with E-state index in [9.17, 15) is 14.4 Å². The molecule has 31 heavy (non-hydrogen) atoms. The van der Waals surface area contributed by atoms with E-state index in [0.29, 0.717) is 47.5 Å². The Morgan fingerprint density at radius 2 is 1.81 bits per heavy atom. The first-order valence-electron chi connectivity index (χ1n) is 11.2. The lowest BCUT2D eigenvalue weighted by Crippen LogP contribution is -2.44. The van der Waals surface area contributed by atoms with Gasteiger partial charge in [0.15, 0.2) is 11.5 Å². The Balaban J connectivity index is 1.80. The molecule has 2 aromatic rings. The third kappa shape index (κ3) is 5.11. The van der Waals surface area contributed by atoms with E-state index in [1.54, 1.807) is 12.1 Å². The zero-order valence-electron chi connectivity index (χ0n) is 18.8. The minimum absolute atomic E-state index is 0.0176. The number of nitrogens with one attached hydrogen (secondary N) is 2. The van der Waals surface area contributed by atoms with Gasteiger partial charge in [0.05, 0.1) is 24.1 Å². The second-order valence-corrected chi connectivity index (χ2v) is 8.29. The number of benzene rings is 1. The predicted molar refractivity (Wildman–Crippen MR) is 120 cm³/mol. The molecule has 0 radical (unpaired) electrons. The third-order valence-electron chi connectivity index (χ3n) is 6.26. The molecule has 1 fully saturated rings. The van der Waals surface area contributed by atoms with Gasteiger partial charge in [0, 0.05) is 25.1 Å². The fourth-order valence-corrected chi connectivity index (χ4v) is 4.28. The summed E-state index contributed by atoms with van der Waals surface area (Å²) in [7, 11) is 0. The molecule has 1 aliphatic rings. The Kier molecular flexibility index (Phi) is 7.41. The van der Waals surface area contributed by atoms with Crippen LogP contribution >= 0.6 is 0 Å². The van der Waals surface area contributed by atoms with Crippen molar-refractivity contribution in [1.29, 1.82) is 0 Å². The van der Waals surface area contributed by atoms with E-state index >= 15 is 0 Å². The number of hydrogen-bond acceptors (Lipinski definition) is 5. The highest BCUT2D eigenvalue weighted by Crippen LogP contribution is 2.31. The van der Waals surface area contributed by atoms with Gasteiger partial charge >= 0.3 is 5.69 Å². The lowest BCUT2D eigenvalue weighted by Gasteiger charge is -2.34. The molecule has 0 bridgehead atoms. The molecular weight excluding hydrogens is 398 g/mol. The largest absolute Gasteiger partial charge is 0.490 e. The van der Waals surface area contributed by atoms with Crippen molar-refractivity contribution >= 4 is 16.8 Å². The Labute approximate surface area is 181 Å². The molecule has 1 aromatic carbocycles. The van der Waals surface area contributed by atoms with Crippen LogP contribution in [0.5, 0.6) is 11.5 Å². The highest BCUT2D eigenvalue weighted by molar-refractivity contribution is 5.81. The number of carbonyl (C=O) groups excluding carboxylic acids is 1. The Hall–Kier alpha value is -2.77. The maximum Gasteiger partial charge on any atom is 0.328 e. The quantitative estimate of drug-likeness (QED) is 0.669. The second kappa shape index (κ2) is 10.0. The number of aromatic amines is 1. The van der Waals surface area contributed by atoms with Crippen LogP contribution < -0.4 is 26.0 Å². The zero-order chi connectivity index (χ0) is 22.5. The molecule has 170 valence electrons. The van der Waals surface area contributed by atoms with Gasteiger partial charge in [-0.1, -0.05) is 26.7 Å². The summed E-state index contributed by atoms with van der Waals surface area (Å²) in [5.74, 6) is 1.77. The smallest absolute Gasteiger partial charge is 0.328 e. The standard InChI is InChI=1S/C23H33N3O5/c1-5-30-19-12-16-18(13-20(19)31-6-2)25-23(29)26(22(16)28)11-10-21(27)24-17-9-7-8-14(3)15(17)4/h12-15,17H,5-11H2,1-4H3,(H,24,27)(H,25,29)/t14-,15+,17+/m0/s1. The molecule has 1 heterocycles. The Bertz CT molecular complexity index is 1040. The number of carbonyl (C=O) groups is 1. The predicted octanol–water partition coefficient (Wildman–Crippen LogP) is 2.82. The molecule has 1 amide bonds. The van der Waals surface area contributed by atoms with Gasteiger partial charge in [-0.15, -0.1) is 0 Å². The van der Waals surface area contributed by atoms with E-state index in [4.69, 9.17) is 9.47 Å². The molecule has 1 aliphatic carbocycles. The monoisotopic (exact) mass is 431 g/mol. The molecule has 0 saturated heterocycles. The molecule has 1 aromatic heterocycles. The molecule has 0 spiro atoms. The van der Waals surface area contributed by atoms with Gasteiger partial charge in [0.2, 0.25) is 5.91 Å². The maximum absolute atomic E-state index is 13.0. The lowest BCUT2D eigenvalue weighted by atomic mass is 9.78. The fourth-order valence-electron chi connectivity index (χ4n) is 4.28. The number of amides is 1. The number of fused-ring (bicyclic) bond motifs is 1. The molecule has 0 aliphatic heterocycles. The summed E-state index contributed by atoms with van der Waals surface area (Å²) in [5.41, 5.74) is -0.612. The highest BCUT2D eigenvalue weighted by Gasteiger charge is 2.28. The number of ether oxygens (including phenoxy) is 2. The fraction of sp³-hybridized carbons (Fsp3) is 0.609. The maximum atomic E-state index is 13.0. The van der Waals surface area contributed by atoms with Crippen molar-refractivity contribution in [3.05, 3.63) is 33.0 Å². The normalized spacial score (nSPS) is 21.1. The minimum Gasteiger partial charge on any atom is -0.490 e. The highest BCUT2D eigenvalue weighted by atomic mass is 16.5. The summed E-state index contributed by atoms with van der Waals surface area (Å²) in [4.78, 5) is 40.8. The summed E-state index contributed by atoms with van der Waals surface area (Å²) in [6.07, 6.45) is 3.33. The van der Waals surface area contributed by atoms with Gasteiger partial charge in [-0.2, -0.15) is 0 Å². The molecular formula is C23H33N3O5. The summed E-state index contributed by atoms with van der Waals surface area (Å²) in [6.45, 7) is 8.94. The van der Waals surface area contributed by atoms with Crippen molar-refractivity contribution in [3.63, 3.8) is 0 Å². The van der Waals surface area contributed by atoms with Crippen LogP contribution in [0.3, 0.4) is 0 Å². The first-order chi connectivity index (χ1) is 14.8. The van der Waals surface area contributed by atoms with Crippen molar-refractivity contribution in [1.82, 2.24) is 14.9 Å². The van der Waals surface area contributed by atoms with E-state index in [1.165, 1.54) is 6.42 Å². The van der Waals surface area contributed by atoms with Crippen LogP contribution in [0.2, 0.25) is 0 Å². The number of rotatable bonds is 8. The van der Waals surface area contributed by atoms with Gasteiger partial charge in [-0.05, 0) is 38.2 Å². The molecule has 8 nitrogen and oxygen atoms in total. The van der Waals surface area contributed by atoms with Crippen molar-refractivity contribution in [2.24, 2.45) is 11.8 Å². The Morgan fingerprint density at radius 3 is 2.48 bits per heavy atom. The number of hydrogen-bond donors (Lipinski definition) is 2. The van der Waals surface area contributed by atoms with Crippen LogP contribution in [-0.2, 0) is 11.3 Å². The molecule has 3 rings (SSSR count). The molecule has 0 unspecified atom stereocenters. The van der Waals surface area contributed by atoms with Gasteiger partial charge < -0.3 is 19.8 Å². The van der Waals surface area contributed by atoms with Crippen molar-refractivity contribution in [2.45, 2.75) is 66.0 Å². The second-order valence-electron chi connectivity index (χ2n) is 8.29. The SMILES string of the molecule is CCOc1cc2[nH]c(=O)n(CCC(=O)N[C@@H]3CCC[C@H](C)[C@H]3C)c(=O)c2cc1OCC. The topological polar surface area (TPSA) is 102 Å². The molecule has 8 heteroatoms. The average Bonchev–Trinajstić information content (AvgIpc) is 2.72. The van der Waals surface area contributed by atoms with Crippen LogP contribution in [0.4, 0.5) is 0 Å². The molecule has 1 saturated carbocycles. The van der Waals surface area contributed by atoms with E-state index < -0.39 is 11.2 Å². The van der Waals surface area contributed by atoms with E-state index in [-0.39, 0.29) is 24.9 Å². The number of H-pyrrole nitrogens is 1. The Morgan fingerprint density at radius 1 is 1.13 bits per heavy atom. The number of aromatic nitrogens is 2. The summed E-state index contributed by atoms with van der Waals surface area (Å²) in [5, 5.41) is 3.41. The summed E-state index contributed by atoms with van der Waals surface area (Å²) in [6, 6.07) is 3.34. The third-order valence-corrected chi connectivity index (χ3v) is 6.26. The van der Waals surface area contributed by atoms with Crippen LogP contribution in [0.15, 0.2) is 21.7 Å². The van der Waals surface area contributed by atoms with E-state index in [0.717, 1.165) is 17.4 Å². The molecule has 2 N–H and O–H groups in total. The van der Waals surface area contributed by atoms with Gasteiger partial charge in [-0.3, -0.25) is 14.2 Å². The van der Waals surface area contributed by atoms with Crippen LogP contribution in [-0.4, -0.2) is 34.7 Å². The van der Waals surface area contributed by atoms with Crippen molar-refractivity contribution in [3.8, 4) is 11.5 Å². The van der Waals surface area contributed by atoms with Gasteiger partial charge in [0.25, 0.3) is 5.56 Å². The zero-order valence-corrected chi connectivity index (χ0v) is 18.8. The van der Waals surface area contributed by atoms with E-state index in [1.807, 2.05) is 13.8 Å². The van der Waals surface area contributed by atoms with Crippen LogP contribution in [0, 0.1) is 11.8 Å². The van der Waals surface area contributed by atoms with Crippen molar-refractivity contribution in [2.75, 3.05) is 13.2 Å². The van der Waals surface area contributed by atoms with Crippen LogP contribution in [0.25, 0.3) is 10.9 Å². The first-order valence-corrected chi connectivity index (χ1v) is 11.2. The van der Waals surface area contributed by atoms with E-state index in [2.05, 4.69) is 24.1 Å². The summed E-state index contributed by atoms with van der Waals surface area (Å²) < 4.78 is 12.2. The minimum atomic E-state index is -0.545.